The second-order valence-electron chi connectivity index (χ2n) is 6.51. The lowest BCUT2D eigenvalue weighted by molar-refractivity contribution is -0.170. The zero-order valence-corrected chi connectivity index (χ0v) is 13.3. The van der Waals surface area contributed by atoms with Gasteiger partial charge >= 0.3 is 0 Å². The molecule has 1 saturated heterocycles. The number of benzene rings is 2. The van der Waals surface area contributed by atoms with Gasteiger partial charge in [0.2, 0.25) is 0 Å². The van der Waals surface area contributed by atoms with Gasteiger partial charge in [0.1, 0.15) is 5.78 Å². The van der Waals surface area contributed by atoms with Gasteiger partial charge in [0.25, 0.3) is 5.91 Å². The third-order valence-corrected chi connectivity index (χ3v) is 4.84. The Morgan fingerprint density at radius 2 is 1.79 bits per heavy atom. The number of rotatable bonds is 3. The lowest BCUT2D eigenvalue weighted by Crippen LogP contribution is -2.47. The summed E-state index contributed by atoms with van der Waals surface area (Å²) in [5, 5.41) is 2.86. The highest BCUT2D eigenvalue weighted by Crippen LogP contribution is 2.45. The summed E-state index contributed by atoms with van der Waals surface area (Å²) in [6, 6.07) is 17.6. The molecule has 122 valence electrons. The molecule has 1 amide bonds. The van der Waals surface area contributed by atoms with Crippen molar-refractivity contribution in [3.05, 3.63) is 65.7 Å². The Hall–Kier alpha value is -2.46. The van der Waals surface area contributed by atoms with Crippen molar-refractivity contribution in [1.29, 1.82) is 0 Å². The molecule has 2 aromatic carbocycles. The molecule has 2 aliphatic heterocycles. The highest BCUT2D eigenvalue weighted by molar-refractivity contribution is 6.07. The summed E-state index contributed by atoms with van der Waals surface area (Å²) < 4.78 is 6.23. The Labute approximate surface area is 140 Å². The summed E-state index contributed by atoms with van der Waals surface area (Å²) >= 11 is 0. The number of fused-ring (bicyclic) bond motifs is 2. The van der Waals surface area contributed by atoms with E-state index in [1.165, 1.54) is 5.56 Å². The minimum atomic E-state index is -1.15. The van der Waals surface area contributed by atoms with Crippen molar-refractivity contribution in [1.82, 2.24) is 0 Å². The molecule has 1 spiro atoms. The van der Waals surface area contributed by atoms with Gasteiger partial charge in [0, 0.05) is 24.1 Å². The molecule has 2 aromatic rings. The SMILES string of the molecule is O=C1C[C@H](CCc2ccccc2)OC2(C1)C(=O)Nc1ccccc12. The number of carbonyl (C=O) groups excluding carboxylic acids is 2. The van der Waals surface area contributed by atoms with Crippen molar-refractivity contribution in [2.45, 2.75) is 37.4 Å². The van der Waals surface area contributed by atoms with Gasteiger partial charge in [-0.25, -0.2) is 0 Å². The normalized spacial score (nSPS) is 25.6. The predicted octanol–water partition coefficient (Wildman–Crippen LogP) is 3.21. The Morgan fingerprint density at radius 1 is 1.04 bits per heavy atom. The fourth-order valence-electron chi connectivity index (χ4n) is 3.69. The van der Waals surface area contributed by atoms with Gasteiger partial charge in [-0.15, -0.1) is 0 Å². The Kier molecular flexibility index (Phi) is 3.69. The molecule has 0 radical (unpaired) electrons. The molecule has 4 nitrogen and oxygen atoms in total. The molecular formula is C20H19NO3. The van der Waals surface area contributed by atoms with Gasteiger partial charge in [0.15, 0.2) is 5.60 Å². The fourth-order valence-corrected chi connectivity index (χ4v) is 3.69. The number of carbonyl (C=O) groups is 2. The maximum atomic E-state index is 12.6. The van der Waals surface area contributed by atoms with Crippen molar-refractivity contribution in [3.63, 3.8) is 0 Å². The molecule has 4 heteroatoms. The Morgan fingerprint density at radius 3 is 2.62 bits per heavy atom. The van der Waals surface area contributed by atoms with Gasteiger partial charge in [-0.2, -0.15) is 0 Å². The molecule has 1 unspecified atom stereocenters. The van der Waals surface area contributed by atoms with E-state index < -0.39 is 5.60 Å². The summed E-state index contributed by atoms with van der Waals surface area (Å²) in [4.78, 5) is 24.9. The van der Waals surface area contributed by atoms with E-state index in [0.717, 1.165) is 24.1 Å². The van der Waals surface area contributed by atoms with E-state index in [1.54, 1.807) is 0 Å². The summed E-state index contributed by atoms with van der Waals surface area (Å²) in [6.45, 7) is 0. The quantitative estimate of drug-likeness (QED) is 0.944. The van der Waals surface area contributed by atoms with E-state index in [9.17, 15) is 9.59 Å². The number of para-hydroxylation sites is 1. The highest BCUT2D eigenvalue weighted by atomic mass is 16.5. The van der Waals surface area contributed by atoms with Crippen molar-refractivity contribution in [2.24, 2.45) is 0 Å². The molecular weight excluding hydrogens is 302 g/mol. The number of hydrogen-bond donors (Lipinski definition) is 1. The van der Waals surface area contributed by atoms with Gasteiger partial charge in [-0.3, -0.25) is 9.59 Å². The summed E-state index contributed by atoms with van der Waals surface area (Å²) in [7, 11) is 0. The molecule has 2 aliphatic rings. The molecule has 2 atom stereocenters. The van der Waals surface area contributed by atoms with Crippen LogP contribution in [0.25, 0.3) is 0 Å². The maximum absolute atomic E-state index is 12.6. The first-order valence-electron chi connectivity index (χ1n) is 8.32. The van der Waals surface area contributed by atoms with Crippen LogP contribution in [0.5, 0.6) is 0 Å². The van der Waals surface area contributed by atoms with Crippen LogP contribution in [0.1, 0.15) is 30.4 Å². The predicted molar refractivity (Wildman–Crippen MR) is 90.6 cm³/mol. The van der Waals surface area contributed by atoms with Crippen LogP contribution in [-0.2, 0) is 26.3 Å². The van der Waals surface area contributed by atoms with Crippen LogP contribution >= 0.6 is 0 Å². The third kappa shape index (κ3) is 2.53. The lowest BCUT2D eigenvalue weighted by Gasteiger charge is -2.36. The number of aryl methyl sites for hydroxylation is 1. The molecule has 0 aliphatic carbocycles. The lowest BCUT2D eigenvalue weighted by atomic mass is 9.84. The maximum Gasteiger partial charge on any atom is 0.261 e. The second-order valence-corrected chi connectivity index (χ2v) is 6.51. The average molecular weight is 321 g/mol. The third-order valence-electron chi connectivity index (χ3n) is 4.84. The smallest absolute Gasteiger partial charge is 0.261 e. The zero-order chi connectivity index (χ0) is 16.6. The second kappa shape index (κ2) is 5.87. The van der Waals surface area contributed by atoms with E-state index in [0.29, 0.717) is 6.42 Å². The molecule has 1 N–H and O–H groups in total. The van der Waals surface area contributed by atoms with E-state index in [-0.39, 0.29) is 24.2 Å². The van der Waals surface area contributed by atoms with Crippen LogP contribution in [0.3, 0.4) is 0 Å². The van der Waals surface area contributed by atoms with Gasteiger partial charge < -0.3 is 10.1 Å². The van der Waals surface area contributed by atoms with Crippen molar-refractivity contribution >= 4 is 17.4 Å². The Balaban J connectivity index is 1.57. The van der Waals surface area contributed by atoms with E-state index >= 15 is 0 Å². The molecule has 4 rings (SSSR count). The standard InChI is InChI=1S/C20H19NO3/c22-15-12-16(11-10-14-6-2-1-3-7-14)24-20(13-15)17-8-4-5-9-18(17)21-19(20)23/h1-9,16H,10-13H2,(H,21,23)/t16-,20?/m0/s1. The fraction of sp³-hybridized carbons (Fsp3) is 0.300. The number of ketones is 1. The van der Waals surface area contributed by atoms with Crippen molar-refractivity contribution < 1.29 is 14.3 Å². The van der Waals surface area contributed by atoms with E-state index in [1.807, 2.05) is 42.5 Å². The van der Waals surface area contributed by atoms with Crippen molar-refractivity contribution in [3.8, 4) is 0 Å². The van der Waals surface area contributed by atoms with Crippen LogP contribution in [0.2, 0.25) is 0 Å². The number of nitrogens with one attached hydrogen (secondary N) is 1. The number of anilines is 1. The summed E-state index contributed by atoms with van der Waals surface area (Å²) in [5.74, 6) is -0.132. The van der Waals surface area contributed by atoms with Crippen LogP contribution in [0.4, 0.5) is 5.69 Å². The molecule has 2 heterocycles. The van der Waals surface area contributed by atoms with Crippen LogP contribution in [0, 0.1) is 0 Å². The molecule has 24 heavy (non-hydrogen) atoms. The molecule has 0 saturated carbocycles. The molecule has 0 bridgehead atoms. The van der Waals surface area contributed by atoms with Crippen LogP contribution < -0.4 is 5.32 Å². The number of hydrogen-bond acceptors (Lipinski definition) is 3. The van der Waals surface area contributed by atoms with Crippen LogP contribution in [-0.4, -0.2) is 17.8 Å². The first-order valence-corrected chi connectivity index (χ1v) is 8.32. The average Bonchev–Trinajstić information content (AvgIpc) is 2.85. The highest BCUT2D eigenvalue weighted by Gasteiger charge is 2.53. The number of Topliss-reactive ketones (excluding diaryl/α,β-unsaturated/α-hetero) is 1. The van der Waals surface area contributed by atoms with E-state index in [4.69, 9.17) is 4.74 Å². The zero-order valence-electron chi connectivity index (χ0n) is 13.3. The molecule has 1 fully saturated rings. The van der Waals surface area contributed by atoms with E-state index in [2.05, 4.69) is 17.4 Å². The topological polar surface area (TPSA) is 55.4 Å². The number of ether oxygens (including phenoxy) is 1. The van der Waals surface area contributed by atoms with Crippen LogP contribution in [0.15, 0.2) is 54.6 Å². The van der Waals surface area contributed by atoms with Gasteiger partial charge in [-0.1, -0.05) is 48.5 Å². The van der Waals surface area contributed by atoms with Gasteiger partial charge in [-0.05, 0) is 24.5 Å². The van der Waals surface area contributed by atoms with Gasteiger partial charge in [0.05, 0.1) is 6.10 Å². The minimum Gasteiger partial charge on any atom is -0.356 e. The summed E-state index contributed by atoms with van der Waals surface area (Å²) in [5.41, 5.74) is 1.60. The minimum absolute atomic E-state index is 0.0890. The first-order chi connectivity index (χ1) is 11.7. The Bertz CT molecular complexity index is 786. The summed E-state index contributed by atoms with van der Waals surface area (Å²) in [6.07, 6.45) is 1.83. The number of amides is 1. The molecule has 0 aromatic heterocycles. The largest absolute Gasteiger partial charge is 0.356 e. The van der Waals surface area contributed by atoms with Crippen molar-refractivity contribution in [2.75, 3.05) is 5.32 Å². The monoisotopic (exact) mass is 321 g/mol. The first kappa shape index (κ1) is 15.1.